The molecule has 1 saturated heterocycles. The first kappa shape index (κ1) is 13.4. The summed E-state index contributed by atoms with van der Waals surface area (Å²) in [6.07, 6.45) is 10.9. The molecule has 3 fully saturated rings. The fourth-order valence-electron chi connectivity index (χ4n) is 4.44. The van der Waals surface area contributed by atoms with Crippen LogP contribution in [0.25, 0.3) is 0 Å². The maximum atomic E-state index is 12.4. The molecule has 0 aromatic rings. The molecule has 1 amide bonds. The van der Waals surface area contributed by atoms with Gasteiger partial charge in [-0.15, -0.1) is 0 Å². The molecule has 3 atom stereocenters. The highest BCUT2D eigenvalue weighted by Gasteiger charge is 2.38. The molecule has 2 N–H and O–H groups in total. The monoisotopic (exact) mass is 264 g/mol. The first-order valence-corrected chi connectivity index (χ1v) is 8.25. The van der Waals surface area contributed by atoms with E-state index >= 15 is 0 Å². The van der Waals surface area contributed by atoms with E-state index in [1.807, 2.05) is 0 Å². The SMILES string of the molecule is NC1CC[C@@H]2CN(C(=O)CC3CCCCC3)C[C@@H]2C1. The number of amides is 1. The molecule has 1 unspecified atom stereocenters. The molecule has 3 aliphatic rings. The Bertz CT molecular complexity index is 325. The Balaban J connectivity index is 1.51. The summed E-state index contributed by atoms with van der Waals surface area (Å²) in [5.41, 5.74) is 6.06. The van der Waals surface area contributed by atoms with Gasteiger partial charge in [-0.2, -0.15) is 0 Å². The quantitative estimate of drug-likeness (QED) is 0.833. The number of carbonyl (C=O) groups is 1. The molecule has 3 nitrogen and oxygen atoms in total. The second kappa shape index (κ2) is 5.82. The maximum Gasteiger partial charge on any atom is 0.222 e. The molecule has 2 aliphatic carbocycles. The zero-order valence-electron chi connectivity index (χ0n) is 12.0. The van der Waals surface area contributed by atoms with E-state index in [-0.39, 0.29) is 0 Å². The van der Waals surface area contributed by atoms with E-state index in [4.69, 9.17) is 5.73 Å². The van der Waals surface area contributed by atoms with Crippen LogP contribution in [0.3, 0.4) is 0 Å². The van der Waals surface area contributed by atoms with Gasteiger partial charge in [0.2, 0.25) is 5.91 Å². The Hall–Kier alpha value is -0.570. The number of hydrogen-bond donors (Lipinski definition) is 1. The molecule has 0 aromatic carbocycles. The molecule has 0 aromatic heterocycles. The van der Waals surface area contributed by atoms with Crippen molar-refractivity contribution in [3.8, 4) is 0 Å². The van der Waals surface area contributed by atoms with Crippen molar-refractivity contribution in [3.63, 3.8) is 0 Å². The smallest absolute Gasteiger partial charge is 0.222 e. The van der Waals surface area contributed by atoms with Crippen LogP contribution in [0.2, 0.25) is 0 Å². The van der Waals surface area contributed by atoms with Gasteiger partial charge in [-0.05, 0) is 49.9 Å². The van der Waals surface area contributed by atoms with Crippen LogP contribution in [0.15, 0.2) is 0 Å². The summed E-state index contributed by atoms with van der Waals surface area (Å²) in [6, 6.07) is 0.384. The Morgan fingerprint density at radius 1 is 1.00 bits per heavy atom. The summed E-state index contributed by atoms with van der Waals surface area (Å²) < 4.78 is 0. The summed E-state index contributed by atoms with van der Waals surface area (Å²) in [5, 5.41) is 0. The van der Waals surface area contributed by atoms with Crippen LogP contribution >= 0.6 is 0 Å². The molecule has 1 heterocycles. The average molecular weight is 264 g/mol. The van der Waals surface area contributed by atoms with Gasteiger partial charge in [0.1, 0.15) is 0 Å². The highest BCUT2D eigenvalue weighted by Crippen LogP contribution is 2.36. The van der Waals surface area contributed by atoms with Crippen molar-refractivity contribution in [2.45, 2.75) is 63.8 Å². The van der Waals surface area contributed by atoms with E-state index < -0.39 is 0 Å². The lowest BCUT2D eigenvalue weighted by Gasteiger charge is -2.27. The molecule has 0 radical (unpaired) electrons. The lowest BCUT2D eigenvalue weighted by Crippen LogP contribution is -2.32. The van der Waals surface area contributed by atoms with Crippen molar-refractivity contribution >= 4 is 5.91 Å². The number of nitrogens with two attached hydrogens (primary N) is 1. The van der Waals surface area contributed by atoms with Crippen molar-refractivity contribution in [2.24, 2.45) is 23.5 Å². The van der Waals surface area contributed by atoms with Crippen molar-refractivity contribution in [1.29, 1.82) is 0 Å². The first-order chi connectivity index (χ1) is 9.22. The van der Waals surface area contributed by atoms with Crippen LogP contribution < -0.4 is 5.73 Å². The number of likely N-dealkylation sites (tertiary alicyclic amines) is 1. The van der Waals surface area contributed by atoms with E-state index in [9.17, 15) is 4.79 Å². The molecule has 1 aliphatic heterocycles. The van der Waals surface area contributed by atoms with E-state index in [0.717, 1.165) is 38.3 Å². The Labute approximate surface area is 116 Å². The maximum absolute atomic E-state index is 12.4. The largest absolute Gasteiger partial charge is 0.342 e. The predicted octanol–water partition coefficient (Wildman–Crippen LogP) is 2.54. The van der Waals surface area contributed by atoms with E-state index in [0.29, 0.717) is 23.8 Å². The highest BCUT2D eigenvalue weighted by atomic mass is 16.2. The third kappa shape index (κ3) is 3.13. The van der Waals surface area contributed by atoms with Gasteiger partial charge in [0, 0.05) is 25.6 Å². The third-order valence-electron chi connectivity index (χ3n) is 5.63. The summed E-state index contributed by atoms with van der Waals surface area (Å²) in [7, 11) is 0. The minimum Gasteiger partial charge on any atom is -0.342 e. The number of nitrogens with zero attached hydrogens (tertiary/aromatic N) is 1. The summed E-state index contributed by atoms with van der Waals surface area (Å²) in [5.74, 6) is 2.54. The fourth-order valence-corrected chi connectivity index (χ4v) is 4.44. The van der Waals surface area contributed by atoms with Gasteiger partial charge in [0.05, 0.1) is 0 Å². The normalized spacial score (nSPS) is 36.3. The topological polar surface area (TPSA) is 46.3 Å². The van der Waals surface area contributed by atoms with Gasteiger partial charge >= 0.3 is 0 Å². The molecule has 19 heavy (non-hydrogen) atoms. The van der Waals surface area contributed by atoms with E-state index in [2.05, 4.69) is 4.90 Å². The Kier molecular flexibility index (Phi) is 4.11. The number of fused-ring (bicyclic) bond motifs is 1. The van der Waals surface area contributed by atoms with Crippen LogP contribution in [0.4, 0.5) is 0 Å². The fraction of sp³-hybridized carbons (Fsp3) is 0.938. The zero-order chi connectivity index (χ0) is 13.2. The van der Waals surface area contributed by atoms with Crippen molar-refractivity contribution in [3.05, 3.63) is 0 Å². The summed E-state index contributed by atoms with van der Waals surface area (Å²) in [6.45, 7) is 2.01. The first-order valence-electron chi connectivity index (χ1n) is 8.25. The molecule has 2 saturated carbocycles. The number of hydrogen-bond acceptors (Lipinski definition) is 2. The van der Waals surface area contributed by atoms with Crippen LogP contribution in [0, 0.1) is 17.8 Å². The Morgan fingerprint density at radius 2 is 1.74 bits per heavy atom. The van der Waals surface area contributed by atoms with Gasteiger partial charge < -0.3 is 10.6 Å². The second-order valence-corrected chi connectivity index (χ2v) is 7.10. The molecular weight excluding hydrogens is 236 g/mol. The summed E-state index contributed by atoms with van der Waals surface area (Å²) >= 11 is 0. The van der Waals surface area contributed by atoms with Crippen LogP contribution in [0.1, 0.15) is 57.8 Å². The molecular formula is C16H28N2O. The predicted molar refractivity (Wildman–Crippen MR) is 76.6 cm³/mol. The molecule has 108 valence electrons. The van der Waals surface area contributed by atoms with Gasteiger partial charge in [0.25, 0.3) is 0 Å². The summed E-state index contributed by atoms with van der Waals surface area (Å²) in [4.78, 5) is 14.6. The zero-order valence-corrected chi connectivity index (χ0v) is 12.0. The highest BCUT2D eigenvalue weighted by molar-refractivity contribution is 5.76. The van der Waals surface area contributed by atoms with Crippen molar-refractivity contribution in [1.82, 2.24) is 4.90 Å². The van der Waals surface area contributed by atoms with Gasteiger partial charge in [-0.25, -0.2) is 0 Å². The average Bonchev–Trinajstić information content (AvgIpc) is 2.83. The van der Waals surface area contributed by atoms with Gasteiger partial charge in [-0.1, -0.05) is 19.3 Å². The third-order valence-corrected chi connectivity index (χ3v) is 5.63. The van der Waals surface area contributed by atoms with Crippen LogP contribution in [0.5, 0.6) is 0 Å². The lowest BCUT2D eigenvalue weighted by molar-refractivity contribution is -0.131. The molecule has 3 rings (SSSR count). The Morgan fingerprint density at radius 3 is 2.53 bits per heavy atom. The van der Waals surface area contributed by atoms with E-state index in [1.54, 1.807) is 0 Å². The van der Waals surface area contributed by atoms with Gasteiger partial charge in [-0.3, -0.25) is 4.79 Å². The minimum atomic E-state index is 0.384. The van der Waals surface area contributed by atoms with Crippen LogP contribution in [-0.4, -0.2) is 29.9 Å². The standard InChI is InChI=1S/C16H28N2O/c17-15-7-6-13-10-18(11-14(13)9-15)16(19)8-12-4-2-1-3-5-12/h12-15H,1-11,17H2/t13-,14+,15?/m1/s1. The lowest BCUT2D eigenvalue weighted by atomic mass is 9.79. The van der Waals surface area contributed by atoms with E-state index in [1.165, 1.54) is 38.5 Å². The molecule has 0 bridgehead atoms. The van der Waals surface area contributed by atoms with Crippen LogP contribution in [-0.2, 0) is 4.79 Å². The van der Waals surface area contributed by atoms with Gasteiger partial charge in [0.15, 0.2) is 0 Å². The van der Waals surface area contributed by atoms with Crippen molar-refractivity contribution < 1.29 is 4.79 Å². The second-order valence-electron chi connectivity index (χ2n) is 7.10. The molecule has 3 heteroatoms. The molecule has 0 spiro atoms. The van der Waals surface area contributed by atoms with Crippen molar-refractivity contribution in [2.75, 3.05) is 13.1 Å². The number of rotatable bonds is 2. The number of carbonyl (C=O) groups excluding carboxylic acids is 1. The minimum absolute atomic E-state index is 0.384.